The van der Waals surface area contributed by atoms with Gasteiger partial charge in [-0.2, -0.15) is 0 Å². The highest BCUT2D eigenvalue weighted by molar-refractivity contribution is 6.05. The summed E-state index contributed by atoms with van der Waals surface area (Å²) in [6, 6.07) is 7.42. The molecule has 1 amide bonds. The number of carbonyl (C=O) groups is 1. The van der Waals surface area contributed by atoms with Gasteiger partial charge in [0.15, 0.2) is 0 Å². The number of carboxylic acid groups (broad SMARTS) is 1. The van der Waals surface area contributed by atoms with Crippen molar-refractivity contribution in [2.75, 3.05) is 6.61 Å². The van der Waals surface area contributed by atoms with E-state index in [0.717, 1.165) is 16.3 Å². The molecule has 0 fully saturated rings. The maximum absolute atomic E-state index is 12.7. The van der Waals surface area contributed by atoms with E-state index < -0.39 is 11.6 Å². The van der Waals surface area contributed by atoms with Crippen LogP contribution in [0.25, 0.3) is 21.7 Å². The lowest BCUT2D eigenvalue weighted by atomic mass is 9.92. The lowest BCUT2D eigenvalue weighted by Crippen LogP contribution is -2.44. The third kappa shape index (κ3) is 4.08. The molecule has 7 nitrogen and oxygen atoms in total. The Morgan fingerprint density at radius 2 is 2.04 bits per heavy atom. The van der Waals surface area contributed by atoms with E-state index in [-0.39, 0.29) is 11.5 Å². The Labute approximate surface area is 163 Å². The first kappa shape index (κ1) is 19.7. The number of fused-ring (bicyclic) bond motifs is 3. The van der Waals surface area contributed by atoms with Crippen LogP contribution in [0.15, 0.2) is 41.5 Å². The third-order valence-corrected chi connectivity index (χ3v) is 4.82. The molecule has 0 aliphatic heterocycles. The topological polar surface area (TPSA) is 93.5 Å². The van der Waals surface area contributed by atoms with Crippen LogP contribution in [0.3, 0.4) is 0 Å². The van der Waals surface area contributed by atoms with Gasteiger partial charge in [0.25, 0.3) is 5.56 Å². The van der Waals surface area contributed by atoms with Gasteiger partial charge in [0.1, 0.15) is 5.75 Å². The summed E-state index contributed by atoms with van der Waals surface area (Å²) in [5, 5.41) is 13.9. The number of nitrogens with one attached hydrogen (secondary N) is 1. The van der Waals surface area contributed by atoms with Gasteiger partial charge >= 0.3 is 6.09 Å². The summed E-state index contributed by atoms with van der Waals surface area (Å²) in [7, 11) is 1.74. The van der Waals surface area contributed by atoms with Crippen molar-refractivity contribution in [3.05, 3.63) is 47.0 Å². The molecule has 0 saturated carbocycles. The molecule has 0 radical (unpaired) electrons. The van der Waals surface area contributed by atoms with Gasteiger partial charge in [0.2, 0.25) is 0 Å². The SMILES string of the molecule is C[C@H](COc1ccc2c(c1)c(=O)n(C)c1cnccc21)CC(C)(C)NC(=O)O. The second-order valence-corrected chi connectivity index (χ2v) is 7.90. The highest BCUT2D eigenvalue weighted by Gasteiger charge is 2.23. The van der Waals surface area contributed by atoms with E-state index in [0.29, 0.717) is 24.2 Å². The molecule has 28 heavy (non-hydrogen) atoms. The van der Waals surface area contributed by atoms with Crippen molar-refractivity contribution in [1.29, 1.82) is 0 Å². The van der Waals surface area contributed by atoms with E-state index in [4.69, 9.17) is 9.84 Å². The van der Waals surface area contributed by atoms with E-state index in [1.54, 1.807) is 30.1 Å². The summed E-state index contributed by atoms with van der Waals surface area (Å²) in [4.78, 5) is 27.7. The summed E-state index contributed by atoms with van der Waals surface area (Å²) >= 11 is 0. The Bertz CT molecular complexity index is 1090. The Hall–Kier alpha value is -3.09. The Morgan fingerprint density at radius 1 is 1.29 bits per heavy atom. The number of rotatable bonds is 6. The average molecular weight is 383 g/mol. The van der Waals surface area contributed by atoms with Crippen LogP contribution in [-0.4, -0.2) is 32.9 Å². The highest BCUT2D eigenvalue weighted by Crippen LogP contribution is 2.26. The molecule has 3 aromatic rings. The lowest BCUT2D eigenvalue weighted by Gasteiger charge is -2.28. The minimum Gasteiger partial charge on any atom is -0.493 e. The van der Waals surface area contributed by atoms with E-state index in [9.17, 15) is 9.59 Å². The molecule has 0 unspecified atom stereocenters. The van der Waals surface area contributed by atoms with Crippen molar-refractivity contribution in [2.45, 2.75) is 32.7 Å². The molecular formula is C21H25N3O4. The van der Waals surface area contributed by atoms with Crippen LogP contribution >= 0.6 is 0 Å². The van der Waals surface area contributed by atoms with Crippen molar-refractivity contribution in [3.63, 3.8) is 0 Å². The molecular weight excluding hydrogens is 358 g/mol. The Balaban J connectivity index is 1.82. The minimum absolute atomic E-state index is 0.0965. The summed E-state index contributed by atoms with van der Waals surface area (Å²) in [5.74, 6) is 0.747. The molecule has 0 aliphatic carbocycles. The van der Waals surface area contributed by atoms with Gasteiger partial charge in [-0.1, -0.05) is 6.92 Å². The van der Waals surface area contributed by atoms with Gasteiger partial charge in [-0.05, 0) is 55.8 Å². The molecule has 0 bridgehead atoms. The minimum atomic E-state index is -1.04. The summed E-state index contributed by atoms with van der Waals surface area (Å²) in [5.41, 5.74) is 0.150. The normalized spacial score (nSPS) is 12.9. The monoisotopic (exact) mass is 383 g/mol. The molecule has 2 N–H and O–H groups in total. The third-order valence-electron chi connectivity index (χ3n) is 4.82. The van der Waals surface area contributed by atoms with Crippen molar-refractivity contribution in [3.8, 4) is 5.75 Å². The first-order valence-corrected chi connectivity index (χ1v) is 9.18. The number of benzene rings is 1. The molecule has 2 aromatic heterocycles. The summed E-state index contributed by atoms with van der Waals surface area (Å²) in [6.07, 6.45) is 3.00. The van der Waals surface area contributed by atoms with Gasteiger partial charge in [0.05, 0.1) is 23.7 Å². The van der Waals surface area contributed by atoms with Crippen LogP contribution in [-0.2, 0) is 7.05 Å². The van der Waals surface area contributed by atoms with E-state index >= 15 is 0 Å². The molecule has 3 rings (SSSR count). The molecule has 2 heterocycles. The number of aromatic nitrogens is 2. The van der Waals surface area contributed by atoms with Crippen LogP contribution in [0.2, 0.25) is 0 Å². The number of amides is 1. The zero-order valence-corrected chi connectivity index (χ0v) is 16.5. The van der Waals surface area contributed by atoms with Gasteiger partial charge in [0, 0.05) is 24.2 Å². The quantitative estimate of drug-likeness (QED) is 0.635. The average Bonchev–Trinajstić information content (AvgIpc) is 2.63. The molecule has 1 aromatic carbocycles. The summed E-state index contributed by atoms with van der Waals surface area (Å²) in [6.45, 7) is 6.12. The van der Waals surface area contributed by atoms with Gasteiger partial charge in [-0.25, -0.2) is 4.79 Å². The zero-order chi connectivity index (χ0) is 20.5. The largest absolute Gasteiger partial charge is 0.493 e. The molecule has 0 spiro atoms. The molecule has 0 aliphatic rings. The van der Waals surface area contributed by atoms with E-state index in [2.05, 4.69) is 10.3 Å². The van der Waals surface area contributed by atoms with Gasteiger partial charge in [-0.3, -0.25) is 9.78 Å². The summed E-state index contributed by atoms with van der Waals surface area (Å²) < 4.78 is 7.49. The fourth-order valence-electron chi connectivity index (χ4n) is 3.71. The van der Waals surface area contributed by atoms with E-state index in [1.807, 2.05) is 39.0 Å². The molecule has 1 atom stereocenters. The second-order valence-electron chi connectivity index (χ2n) is 7.90. The van der Waals surface area contributed by atoms with Crippen LogP contribution in [0.4, 0.5) is 4.79 Å². The number of nitrogens with zero attached hydrogens (tertiary/aromatic N) is 2. The first-order valence-electron chi connectivity index (χ1n) is 9.18. The Kier molecular flexibility index (Phi) is 5.27. The number of aryl methyl sites for hydroxylation is 1. The van der Waals surface area contributed by atoms with Crippen LogP contribution in [0.1, 0.15) is 27.2 Å². The standard InChI is InChI=1S/C21H25N3O4/c1-13(10-21(2,3)23-20(26)27)12-28-14-5-6-15-16-7-8-22-11-18(16)24(4)19(25)17(15)9-14/h5-9,11,13,23H,10,12H2,1-4H3,(H,26,27)/t13-/m0/s1. The maximum Gasteiger partial charge on any atom is 0.405 e. The van der Waals surface area contributed by atoms with Crippen LogP contribution < -0.4 is 15.6 Å². The fourth-order valence-corrected chi connectivity index (χ4v) is 3.71. The van der Waals surface area contributed by atoms with Crippen molar-refractivity contribution in [1.82, 2.24) is 14.9 Å². The smallest absolute Gasteiger partial charge is 0.405 e. The second kappa shape index (κ2) is 7.50. The highest BCUT2D eigenvalue weighted by atomic mass is 16.5. The maximum atomic E-state index is 12.7. The van der Waals surface area contributed by atoms with Gasteiger partial charge < -0.3 is 19.7 Å². The van der Waals surface area contributed by atoms with Crippen molar-refractivity contribution in [2.24, 2.45) is 13.0 Å². The fraction of sp³-hybridized carbons (Fsp3) is 0.381. The van der Waals surface area contributed by atoms with Crippen molar-refractivity contribution >= 4 is 27.8 Å². The number of hydrogen-bond acceptors (Lipinski definition) is 4. The molecule has 7 heteroatoms. The Morgan fingerprint density at radius 3 is 2.75 bits per heavy atom. The van der Waals surface area contributed by atoms with E-state index in [1.165, 1.54) is 0 Å². The molecule has 0 saturated heterocycles. The molecule has 148 valence electrons. The number of ether oxygens (including phenoxy) is 1. The van der Waals surface area contributed by atoms with Gasteiger partial charge in [-0.15, -0.1) is 0 Å². The zero-order valence-electron chi connectivity index (χ0n) is 16.5. The van der Waals surface area contributed by atoms with Crippen LogP contribution in [0, 0.1) is 5.92 Å². The van der Waals surface area contributed by atoms with Crippen LogP contribution in [0.5, 0.6) is 5.75 Å². The lowest BCUT2D eigenvalue weighted by molar-refractivity contribution is 0.169. The predicted molar refractivity (Wildman–Crippen MR) is 109 cm³/mol. The number of pyridine rings is 2. The number of hydrogen-bond donors (Lipinski definition) is 2. The predicted octanol–water partition coefficient (Wildman–Crippen LogP) is 3.54. The first-order chi connectivity index (χ1) is 13.2. The van der Waals surface area contributed by atoms with Crippen molar-refractivity contribution < 1.29 is 14.6 Å².